The fourth-order valence-corrected chi connectivity index (χ4v) is 4.56. The first-order valence-corrected chi connectivity index (χ1v) is 11.6. The molecule has 33 heavy (non-hydrogen) atoms. The molecule has 0 unspecified atom stereocenters. The molecule has 3 amide bonds. The standard InChI is InChI=1S/C27H32N4O2/c1-19-7-3-4-8-22(19)26(32)30-25-12-11-20(23-9-5-6-10-24(23)25)13-16-29-21-14-17-31(18-15-21)27(33)28-2/h3-12,21,29H,13-18H2,1-2H3,(H,28,33)(H,30,32). The Kier molecular flexibility index (Phi) is 7.25. The van der Waals surface area contributed by atoms with E-state index in [2.05, 4.69) is 34.1 Å². The molecule has 3 N–H and O–H groups in total. The van der Waals surface area contributed by atoms with Crippen molar-refractivity contribution in [1.29, 1.82) is 0 Å². The molecule has 0 radical (unpaired) electrons. The smallest absolute Gasteiger partial charge is 0.317 e. The zero-order valence-corrected chi connectivity index (χ0v) is 19.4. The first-order chi connectivity index (χ1) is 16.1. The van der Waals surface area contributed by atoms with Crippen LogP contribution < -0.4 is 16.0 Å². The lowest BCUT2D eigenvalue weighted by molar-refractivity contribution is 0.102. The van der Waals surface area contributed by atoms with Crippen LogP contribution >= 0.6 is 0 Å². The highest BCUT2D eigenvalue weighted by atomic mass is 16.2. The first-order valence-electron chi connectivity index (χ1n) is 11.6. The minimum Gasteiger partial charge on any atom is -0.341 e. The summed E-state index contributed by atoms with van der Waals surface area (Å²) >= 11 is 0. The summed E-state index contributed by atoms with van der Waals surface area (Å²) in [6, 6.07) is 20.4. The molecule has 1 aliphatic heterocycles. The van der Waals surface area contributed by atoms with Gasteiger partial charge in [-0.25, -0.2) is 4.79 Å². The van der Waals surface area contributed by atoms with E-state index in [1.165, 1.54) is 5.56 Å². The molecule has 0 aromatic heterocycles. The quantitative estimate of drug-likeness (QED) is 0.530. The van der Waals surface area contributed by atoms with Crippen molar-refractivity contribution < 1.29 is 9.59 Å². The Labute approximate surface area is 195 Å². The van der Waals surface area contributed by atoms with E-state index in [-0.39, 0.29) is 11.9 Å². The van der Waals surface area contributed by atoms with Gasteiger partial charge in [-0.05, 0) is 61.4 Å². The van der Waals surface area contributed by atoms with Gasteiger partial charge in [0.25, 0.3) is 5.91 Å². The van der Waals surface area contributed by atoms with Crippen LogP contribution in [0.25, 0.3) is 10.8 Å². The third-order valence-electron chi connectivity index (χ3n) is 6.48. The van der Waals surface area contributed by atoms with Crippen LogP contribution in [-0.2, 0) is 6.42 Å². The Balaban J connectivity index is 1.40. The maximum Gasteiger partial charge on any atom is 0.317 e. The fraction of sp³-hybridized carbons (Fsp3) is 0.333. The van der Waals surface area contributed by atoms with E-state index in [4.69, 9.17) is 0 Å². The molecule has 3 aromatic carbocycles. The van der Waals surface area contributed by atoms with Crippen LogP contribution in [0.2, 0.25) is 0 Å². The van der Waals surface area contributed by atoms with Crippen LogP contribution in [0.4, 0.5) is 10.5 Å². The van der Waals surface area contributed by atoms with Crippen LogP contribution in [0.3, 0.4) is 0 Å². The molecule has 0 atom stereocenters. The van der Waals surface area contributed by atoms with Crippen LogP contribution in [0.1, 0.15) is 34.3 Å². The molecule has 0 spiro atoms. The zero-order chi connectivity index (χ0) is 23.2. The second kappa shape index (κ2) is 10.5. The fourth-order valence-electron chi connectivity index (χ4n) is 4.56. The maximum atomic E-state index is 12.8. The summed E-state index contributed by atoms with van der Waals surface area (Å²) < 4.78 is 0. The van der Waals surface area contributed by atoms with Gasteiger partial charge < -0.3 is 20.9 Å². The molecule has 0 aliphatic carbocycles. The number of likely N-dealkylation sites (tertiary alicyclic amines) is 1. The van der Waals surface area contributed by atoms with E-state index in [0.717, 1.165) is 60.9 Å². The van der Waals surface area contributed by atoms with Gasteiger partial charge in [0, 0.05) is 42.8 Å². The number of nitrogens with zero attached hydrogens (tertiary/aromatic N) is 1. The average Bonchev–Trinajstić information content (AvgIpc) is 2.85. The van der Waals surface area contributed by atoms with Crippen molar-refractivity contribution in [3.8, 4) is 0 Å². The largest absolute Gasteiger partial charge is 0.341 e. The average molecular weight is 445 g/mol. The lowest BCUT2D eigenvalue weighted by atomic mass is 9.99. The number of amides is 3. The van der Waals surface area contributed by atoms with Gasteiger partial charge in [0.15, 0.2) is 0 Å². The normalized spacial score (nSPS) is 14.3. The second-order valence-electron chi connectivity index (χ2n) is 8.61. The Morgan fingerprint density at radius 1 is 0.939 bits per heavy atom. The SMILES string of the molecule is CNC(=O)N1CCC(NCCc2ccc(NC(=O)c3ccccc3C)c3ccccc23)CC1. The van der Waals surface area contributed by atoms with Crippen molar-refractivity contribution in [1.82, 2.24) is 15.5 Å². The predicted octanol–water partition coefficient (Wildman–Crippen LogP) is 4.34. The summed E-state index contributed by atoms with van der Waals surface area (Å²) in [6.45, 7) is 4.40. The van der Waals surface area contributed by atoms with Gasteiger partial charge in [-0.3, -0.25) is 4.79 Å². The number of hydrogen-bond acceptors (Lipinski definition) is 3. The van der Waals surface area contributed by atoms with Crippen molar-refractivity contribution >= 4 is 28.4 Å². The van der Waals surface area contributed by atoms with Crippen LogP contribution in [-0.4, -0.2) is 49.6 Å². The summed E-state index contributed by atoms with van der Waals surface area (Å²) in [5.74, 6) is -0.0873. The molecular weight excluding hydrogens is 412 g/mol. The van der Waals surface area contributed by atoms with E-state index >= 15 is 0 Å². The zero-order valence-electron chi connectivity index (χ0n) is 19.4. The molecule has 1 aliphatic rings. The minimum atomic E-state index is -0.0873. The Bertz CT molecular complexity index is 1140. The van der Waals surface area contributed by atoms with Crippen LogP contribution in [0, 0.1) is 6.92 Å². The number of piperidine rings is 1. The highest BCUT2D eigenvalue weighted by molar-refractivity contribution is 6.10. The van der Waals surface area contributed by atoms with Crippen molar-refractivity contribution in [2.45, 2.75) is 32.2 Å². The number of hydrogen-bond donors (Lipinski definition) is 3. The number of rotatable bonds is 6. The molecule has 6 nitrogen and oxygen atoms in total. The van der Waals surface area contributed by atoms with E-state index in [0.29, 0.717) is 11.6 Å². The summed E-state index contributed by atoms with van der Waals surface area (Å²) in [5, 5.41) is 11.7. The Morgan fingerprint density at radius 3 is 2.36 bits per heavy atom. The van der Waals surface area contributed by atoms with Gasteiger partial charge in [0.2, 0.25) is 0 Å². The molecule has 172 valence electrons. The monoisotopic (exact) mass is 444 g/mol. The third kappa shape index (κ3) is 5.34. The summed E-state index contributed by atoms with van der Waals surface area (Å²) in [4.78, 5) is 26.5. The van der Waals surface area contributed by atoms with Gasteiger partial charge in [0.05, 0.1) is 0 Å². The maximum absolute atomic E-state index is 12.8. The van der Waals surface area contributed by atoms with Crippen molar-refractivity contribution in [3.05, 3.63) is 77.4 Å². The van der Waals surface area contributed by atoms with Crippen molar-refractivity contribution in [2.75, 3.05) is 32.0 Å². The number of carbonyl (C=O) groups excluding carboxylic acids is 2. The van der Waals surface area contributed by atoms with E-state index in [1.807, 2.05) is 54.3 Å². The summed E-state index contributed by atoms with van der Waals surface area (Å²) in [6.07, 6.45) is 2.85. The second-order valence-corrected chi connectivity index (χ2v) is 8.61. The van der Waals surface area contributed by atoms with E-state index < -0.39 is 0 Å². The van der Waals surface area contributed by atoms with Crippen LogP contribution in [0.5, 0.6) is 0 Å². The molecule has 0 saturated carbocycles. The van der Waals surface area contributed by atoms with Gasteiger partial charge in [-0.15, -0.1) is 0 Å². The number of fused-ring (bicyclic) bond motifs is 1. The van der Waals surface area contributed by atoms with E-state index in [9.17, 15) is 9.59 Å². The molecule has 1 heterocycles. The number of carbonyl (C=O) groups is 2. The lowest BCUT2D eigenvalue weighted by Crippen LogP contribution is -2.47. The number of aryl methyl sites for hydroxylation is 1. The summed E-state index contributed by atoms with van der Waals surface area (Å²) in [7, 11) is 1.68. The molecular formula is C27H32N4O2. The molecule has 3 aromatic rings. The van der Waals surface area contributed by atoms with Crippen LogP contribution in [0.15, 0.2) is 60.7 Å². The number of nitrogens with one attached hydrogen (secondary N) is 3. The van der Waals surface area contributed by atoms with Crippen molar-refractivity contribution in [2.24, 2.45) is 0 Å². The highest BCUT2D eigenvalue weighted by Crippen LogP contribution is 2.28. The molecule has 0 bridgehead atoms. The third-order valence-corrected chi connectivity index (χ3v) is 6.48. The number of anilines is 1. The Hall–Kier alpha value is -3.38. The summed E-state index contributed by atoms with van der Waals surface area (Å²) in [5.41, 5.74) is 3.74. The lowest BCUT2D eigenvalue weighted by Gasteiger charge is -2.32. The van der Waals surface area contributed by atoms with E-state index in [1.54, 1.807) is 7.05 Å². The van der Waals surface area contributed by atoms with Gasteiger partial charge in [0.1, 0.15) is 0 Å². The minimum absolute atomic E-state index is 0.00882. The number of urea groups is 1. The Morgan fingerprint density at radius 2 is 1.64 bits per heavy atom. The molecule has 6 heteroatoms. The van der Waals surface area contributed by atoms with Crippen molar-refractivity contribution in [3.63, 3.8) is 0 Å². The molecule has 1 fully saturated rings. The first kappa shape index (κ1) is 22.8. The molecule has 4 rings (SSSR count). The molecule has 1 saturated heterocycles. The number of benzene rings is 3. The van der Waals surface area contributed by atoms with Gasteiger partial charge in [-0.1, -0.05) is 48.5 Å². The predicted molar refractivity (Wildman–Crippen MR) is 134 cm³/mol. The topological polar surface area (TPSA) is 73.5 Å². The van der Waals surface area contributed by atoms with Gasteiger partial charge >= 0.3 is 6.03 Å². The highest BCUT2D eigenvalue weighted by Gasteiger charge is 2.21. The van der Waals surface area contributed by atoms with Gasteiger partial charge in [-0.2, -0.15) is 0 Å².